The molecule has 1 nitrogen and oxygen atoms in total. The molecule has 124 valence electrons. The molecule has 2 heteroatoms. The molecule has 5 rings (SSSR count). The van der Waals surface area contributed by atoms with Gasteiger partial charge in [-0.15, -0.1) is 11.3 Å². The second kappa shape index (κ2) is 6.32. The summed E-state index contributed by atoms with van der Waals surface area (Å²) in [7, 11) is 0. The third kappa shape index (κ3) is 2.65. The highest BCUT2D eigenvalue weighted by molar-refractivity contribution is 7.26. The first kappa shape index (κ1) is 15.2. The molecular formula is C24H17NS. The van der Waals surface area contributed by atoms with Gasteiger partial charge in [-0.1, -0.05) is 66.7 Å². The van der Waals surface area contributed by atoms with E-state index in [0.29, 0.717) is 0 Å². The van der Waals surface area contributed by atoms with Crippen molar-refractivity contribution in [2.24, 2.45) is 0 Å². The quantitative estimate of drug-likeness (QED) is 0.355. The van der Waals surface area contributed by atoms with Gasteiger partial charge in [0.2, 0.25) is 0 Å². The van der Waals surface area contributed by atoms with Gasteiger partial charge in [-0.2, -0.15) is 0 Å². The summed E-state index contributed by atoms with van der Waals surface area (Å²) >= 11 is 1.87. The Kier molecular flexibility index (Phi) is 3.69. The molecule has 0 saturated heterocycles. The van der Waals surface area contributed by atoms with Gasteiger partial charge in [0.25, 0.3) is 0 Å². The van der Waals surface area contributed by atoms with Crippen molar-refractivity contribution in [1.82, 2.24) is 0 Å². The average Bonchev–Trinajstić information content (AvgIpc) is 3.08. The first-order valence-corrected chi connectivity index (χ1v) is 9.53. The topological polar surface area (TPSA) is 12.0 Å². The van der Waals surface area contributed by atoms with Crippen molar-refractivity contribution in [1.29, 1.82) is 0 Å². The largest absolute Gasteiger partial charge is 0.356 e. The second-order valence-corrected chi connectivity index (χ2v) is 7.40. The fraction of sp³-hybridized carbons (Fsp3) is 0. The third-order valence-corrected chi connectivity index (χ3v) is 5.86. The minimum atomic E-state index is 1.10. The van der Waals surface area contributed by atoms with Crippen LogP contribution in [0.1, 0.15) is 0 Å². The summed E-state index contributed by atoms with van der Waals surface area (Å²) in [6.45, 7) is 0. The van der Waals surface area contributed by atoms with E-state index in [4.69, 9.17) is 0 Å². The molecule has 1 aromatic heterocycles. The number of rotatable bonds is 3. The minimum Gasteiger partial charge on any atom is -0.356 e. The molecule has 0 spiro atoms. The van der Waals surface area contributed by atoms with E-state index in [2.05, 4.69) is 84.2 Å². The molecule has 0 aliphatic rings. The van der Waals surface area contributed by atoms with Gasteiger partial charge in [0, 0.05) is 31.5 Å². The molecule has 0 aliphatic carbocycles. The van der Waals surface area contributed by atoms with Crippen molar-refractivity contribution in [3.63, 3.8) is 0 Å². The molecule has 1 N–H and O–H groups in total. The van der Waals surface area contributed by atoms with Crippen molar-refractivity contribution in [2.75, 3.05) is 5.32 Å². The third-order valence-electron chi connectivity index (χ3n) is 4.64. The SMILES string of the molecule is c1ccc(Nc2cccc(-c3cccc4c3sc3ccccc34)c2)cc1. The van der Waals surface area contributed by atoms with Crippen LogP contribution in [0, 0.1) is 0 Å². The van der Waals surface area contributed by atoms with E-state index in [0.717, 1.165) is 11.4 Å². The summed E-state index contributed by atoms with van der Waals surface area (Å²) in [5, 5.41) is 6.17. The molecule has 0 radical (unpaired) electrons. The van der Waals surface area contributed by atoms with Crippen molar-refractivity contribution < 1.29 is 0 Å². The van der Waals surface area contributed by atoms with E-state index in [-0.39, 0.29) is 0 Å². The van der Waals surface area contributed by atoms with Crippen molar-refractivity contribution in [3.05, 3.63) is 97.1 Å². The Balaban J connectivity index is 1.63. The second-order valence-electron chi connectivity index (χ2n) is 6.35. The van der Waals surface area contributed by atoms with E-state index in [9.17, 15) is 0 Å². The number of hydrogen-bond donors (Lipinski definition) is 1. The number of para-hydroxylation sites is 1. The van der Waals surface area contributed by atoms with E-state index >= 15 is 0 Å². The standard InChI is InChI=1S/C24H17NS/c1-2-9-18(10-3-1)25-19-11-6-8-17(16-19)20-13-7-14-22-21-12-4-5-15-23(21)26-24(20)22/h1-16,25H. The van der Waals surface area contributed by atoms with Crippen LogP contribution in [0.25, 0.3) is 31.3 Å². The van der Waals surface area contributed by atoms with Crippen LogP contribution in [0.2, 0.25) is 0 Å². The van der Waals surface area contributed by atoms with Crippen LogP contribution in [0.3, 0.4) is 0 Å². The monoisotopic (exact) mass is 351 g/mol. The Morgan fingerprint density at radius 3 is 2.23 bits per heavy atom. The van der Waals surface area contributed by atoms with Crippen LogP contribution in [-0.4, -0.2) is 0 Å². The molecule has 0 aliphatic heterocycles. The number of fused-ring (bicyclic) bond motifs is 3. The van der Waals surface area contributed by atoms with Gasteiger partial charge >= 0.3 is 0 Å². The van der Waals surface area contributed by atoms with Crippen LogP contribution >= 0.6 is 11.3 Å². The molecule has 0 bridgehead atoms. The molecule has 0 fully saturated rings. The zero-order valence-electron chi connectivity index (χ0n) is 14.1. The van der Waals surface area contributed by atoms with E-state index in [1.807, 2.05) is 29.5 Å². The number of anilines is 2. The van der Waals surface area contributed by atoms with E-state index in [1.54, 1.807) is 0 Å². The number of benzene rings is 4. The minimum absolute atomic E-state index is 1.10. The molecule has 0 amide bonds. The normalized spacial score (nSPS) is 11.1. The van der Waals surface area contributed by atoms with E-state index in [1.165, 1.54) is 31.3 Å². The lowest BCUT2D eigenvalue weighted by Gasteiger charge is -2.09. The lowest BCUT2D eigenvalue weighted by molar-refractivity contribution is 1.55. The smallest absolute Gasteiger partial charge is 0.0433 e. The lowest BCUT2D eigenvalue weighted by atomic mass is 10.0. The molecular weight excluding hydrogens is 334 g/mol. The van der Waals surface area contributed by atoms with Gasteiger partial charge in [0.15, 0.2) is 0 Å². The maximum absolute atomic E-state index is 3.49. The molecule has 4 aromatic carbocycles. The zero-order chi connectivity index (χ0) is 17.3. The van der Waals surface area contributed by atoms with Gasteiger partial charge < -0.3 is 5.32 Å². The first-order chi connectivity index (χ1) is 12.9. The number of hydrogen-bond acceptors (Lipinski definition) is 2. The fourth-order valence-corrected chi connectivity index (χ4v) is 4.67. The molecule has 0 atom stereocenters. The highest BCUT2D eigenvalue weighted by atomic mass is 32.1. The molecule has 5 aromatic rings. The molecule has 0 saturated carbocycles. The summed E-state index contributed by atoms with van der Waals surface area (Å²) in [6.07, 6.45) is 0. The summed E-state index contributed by atoms with van der Waals surface area (Å²) in [5.74, 6) is 0. The van der Waals surface area contributed by atoms with Crippen LogP contribution < -0.4 is 5.32 Å². The summed E-state index contributed by atoms with van der Waals surface area (Å²) in [6, 6.07) is 34.2. The van der Waals surface area contributed by atoms with Gasteiger partial charge in [0.1, 0.15) is 0 Å². The number of thiophene rings is 1. The highest BCUT2D eigenvalue weighted by Gasteiger charge is 2.10. The Morgan fingerprint density at radius 1 is 0.577 bits per heavy atom. The number of nitrogens with one attached hydrogen (secondary N) is 1. The summed E-state index contributed by atoms with van der Waals surface area (Å²) < 4.78 is 2.69. The average molecular weight is 351 g/mol. The van der Waals surface area contributed by atoms with Gasteiger partial charge in [-0.05, 0) is 41.5 Å². The summed E-state index contributed by atoms with van der Waals surface area (Å²) in [4.78, 5) is 0. The Morgan fingerprint density at radius 2 is 1.31 bits per heavy atom. The van der Waals surface area contributed by atoms with E-state index < -0.39 is 0 Å². The highest BCUT2D eigenvalue weighted by Crippen LogP contribution is 2.40. The Labute approximate surface area is 156 Å². The summed E-state index contributed by atoms with van der Waals surface area (Å²) in [5.41, 5.74) is 4.74. The fourth-order valence-electron chi connectivity index (χ4n) is 3.43. The van der Waals surface area contributed by atoms with Crippen LogP contribution in [0.15, 0.2) is 97.1 Å². The predicted molar refractivity (Wildman–Crippen MR) is 114 cm³/mol. The molecule has 26 heavy (non-hydrogen) atoms. The maximum Gasteiger partial charge on any atom is 0.0433 e. The Bertz CT molecular complexity index is 1200. The van der Waals surface area contributed by atoms with Gasteiger partial charge in [0.05, 0.1) is 0 Å². The van der Waals surface area contributed by atoms with Crippen molar-refractivity contribution in [3.8, 4) is 11.1 Å². The van der Waals surface area contributed by atoms with Crippen molar-refractivity contribution in [2.45, 2.75) is 0 Å². The van der Waals surface area contributed by atoms with Crippen LogP contribution in [-0.2, 0) is 0 Å². The zero-order valence-corrected chi connectivity index (χ0v) is 15.0. The van der Waals surface area contributed by atoms with Gasteiger partial charge in [-0.3, -0.25) is 0 Å². The van der Waals surface area contributed by atoms with Gasteiger partial charge in [-0.25, -0.2) is 0 Å². The van der Waals surface area contributed by atoms with Crippen molar-refractivity contribution >= 4 is 42.9 Å². The Hall–Kier alpha value is -3.10. The lowest BCUT2D eigenvalue weighted by Crippen LogP contribution is -1.90. The molecule has 0 unspecified atom stereocenters. The molecule has 1 heterocycles. The van der Waals surface area contributed by atoms with Crippen LogP contribution in [0.5, 0.6) is 0 Å². The van der Waals surface area contributed by atoms with Crippen LogP contribution in [0.4, 0.5) is 11.4 Å². The predicted octanol–water partition coefficient (Wildman–Crippen LogP) is 7.47. The first-order valence-electron chi connectivity index (χ1n) is 8.71. The maximum atomic E-state index is 3.49.